The van der Waals surface area contributed by atoms with Gasteiger partial charge in [0.05, 0.1) is 58.7 Å². The lowest BCUT2D eigenvalue weighted by atomic mass is 10.2. The monoisotopic (exact) mass is 569 g/mol. The Morgan fingerprint density at radius 1 is 0.868 bits per heavy atom. The van der Waals surface area contributed by atoms with E-state index < -0.39 is 54.5 Å². The van der Waals surface area contributed by atoms with Crippen LogP contribution >= 0.6 is 11.8 Å². The second-order valence-corrected chi connectivity index (χ2v) is 8.77. The number of aliphatic hydroxyl groups is 1. The molecule has 0 unspecified atom stereocenters. The highest BCUT2D eigenvalue weighted by atomic mass is 32.2. The van der Waals surface area contributed by atoms with Crippen LogP contribution in [-0.2, 0) is 47.7 Å². The maximum atomic E-state index is 12.3. The SMILES string of the molecule is CC(=O)OC[C@H](CSC[C@H](N)C(=O)N[C@@H](CO)C(=O)NCCOCCOCCOCCC(=O)O)OC(C)=O. The van der Waals surface area contributed by atoms with Gasteiger partial charge in [0.25, 0.3) is 0 Å². The lowest BCUT2D eigenvalue weighted by Gasteiger charge is -2.20. The second-order valence-electron chi connectivity index (χ2n) is 7.69. The quantitative estimate of drug-likeness (QED) is 0.0643. The molecule has 6 N–H and O–H groups in total. The highest BCUT2D eigenvalue weighted by molar-refractivity contribution is 7.99. The third-order valence-corrected chi connectivity index (χ3v) is 5.51. The van der Waals surface area contributed by atoms with Crippen LogP contribution < -0.4 is 16.4 Å². The first-order chi connectivity index (χ1) is 18.1. The van der Waals surface area contributed by atoms with Gasteiger partial charge in [-0.2, -0.15) is 11.8 Å². The molecule has 38 heavy (non-hydrogen) atoms. The van der Waals surface area contributed by atoms with Crippen molar-refractivity contribution in [1.29, 1.82) is 0 Å². The van der Waals surface area contributed by atoms with Gasteiger partial charge >= 0.3 is 17.9 Å². The number of hydrogen-bond acceptors (Lipinski definition) is 13. The molecule has 0 spiro atoms. The summed E-state index contributed by atoms with van der Waals surface area (Å²) in [5, 5.41) is 22.8. The van der Waals surface area contributed by atoms with Crippen LogP contribution in [0.3, 0.4) is 0 Å². The van der Waals surface area contributed by atoms with Crippen LogP contribution in [-0.4, -0.2) is 129 Å². The largest absolute Gasteiger partial charge is 0.481 e. The van der Waals surface area contributed by atoms with Gasteiger partial charge in [-0.1, -0.05) is 0 Å². The average Bonchev–Trinajstić information content (AvgIpc) is 2.85. The van der Waals surface area contributed by atoms with Crippen LogP contribution in [0.4, 0.5) is 0 Å². The Morgan fingerprint density at radius 3 is 2.03 bits per heavy atom. The number of nitrogens with one attached hydrogen (secondary N) is 2. The Balaban J connectivity index is 4.08. The number of nitrogens with two attached hydrogens (primary N) is 1. The molecule has 0 saturated heterocycles. The van der Waals surface area contributed by atoms with Crippen LogP contribution in [0.5, 0.6) is 0 Å². The van der Waals surface area contributed by atoms with Crippen molar-refractivity contribution in [3.8, 4) is 0 Å². The molecule has 0 rings (SSSR count). The van der Waals surface area contributed by atoms with Gasteiger partial charge < -0.3 is 50.3 Å². The van der Waals surface area contributed by atoms with Crippen molar-refractivity contribution in [1.82, 2.24) is 10.6 Å². The van der Waals surface area contributed by atoms with E-state index in [-0.39, 0.29) is 64.1 Å². The fraction of sp³-hybridized carbons (Fsp3) is 0.773. The van der Waals surface area contributed by atoms with Crippen LogP contribution in [0.2, 0.25) is 0 Å². The van der Waals surface area contributed by atoms with Crippen molar-refractivity contribution < 1.29 is 57.9 Å². The Labute approximate surface area is 225 Å². The summed E-state index contributed by atoms with van der Waals surface area (Å²) < 4.78 is 25.5. The molecule has 0 bridgehead atoms. The van der Waals surface area contributed by atoms with Crippen LogP contribution in [0.25, 0.3) is 0 Å². The highest BCUT2D eigenvalue weighted by Gasteiger charge is 2.23. The number of aliphatic hydroxyl groups excluding tert-OH is 1. The average molecular weight is 570 g/mol. The number of rotatable bonds is 23. The minimum Gasteiger partial charge on any atom is -0.481 e. The standard InChI is InChI=1S/C22H39N3O12S/c1-15(27)36-12-17(37-16(2)28)13-38-14-18(23)21(31)25-19(11-26)22(32)24-4-6-34-8-10-35-9-7-33-5-3-20(29)30/h17-19,26H,3-14,23H2,1-2H3,(H,24,32)(H,25,31)(H,29,30)/t17-,18+,19+/m1/s1. The van der Waals surface area contributed by atoms with Gasteiger partial charge in [-0.25, -0.2) is 0 Å². The lowest BCUT2D eigenvalue weighted by molar-refractivity contribution is -0.154. The van der Waals surface area contributed by atoms with E-state index in [2.05, 4.69) is 10.6 Å². The number of carbonyl (C=O) groups is 5. The number of carboxylic acids is 1. The van der Waals surface area contributed by atoms with Gasteiger partial charge in [0.1, 0.15) is 18.8 Å². The van der Waals surface area contributed by atoms with E-state index >= 15 is 0 Å². The van der Waals surface area contributed by atoms with Crippen LogP contribution in [0.1, 0.15) is 20.3 Å². The summed E-state index contributed by atoms with van der Waals surface area (Å²) in [5.41, 5.74) is 5.85. The van der Waals surface area contributed by atoms with E-state index in [0.717, 1.165) is 0 Å². The van der Waals surface area contributed by atoms with Gasteiger partial charge in [0, 0.05) is 31.9 Å². The Hall–Kier alpha value is -2.50. The molecule has 0 aliphatic rings. The summed E-state index contributed by atoms with van der Waals surface area (Å²) in [5.74, 6) is -2.92. The Bertz CT molecular complexity index is 728. The molecule has 0 aromatic rings. The Morgan fingerprint density at radius 2 is 1.47 bits per heavy atom. The summed E-state index contributed by atoms with van der Waals surface area (Å²) in [7, 11) is 0. The molecule has 0 aliphatic heterocycles. The zero-order valence-corrected chi connectivity index (χ0v) is 22.5. The predicted octanol–water partition coefficient (Wildman–Crippen LogP) is -2.34. The van der Waals surface area contributed by atoms with Crippen molar-refractivity contribution in [3.63, 3.8) is 0 Å². The molecule has 0 aliphatic carbocycles. The number of thioether (sulfide) groups is 1. The van der Waals surface area contributed by atoms with Crippen molar-refractivity contribution in [2.24, 2.45) is 5.73 Å². The van der Waals surface area contributed by atoms with Gasteiger partial charge in [0.15, 0.2) is 0 Å². The van der Waals surface area contributed by atoms with Crippen LogP contribution in [0.15, 0.2) is 0 Å². The van der Waals surface area contributed by atoms with E-state index in [1.165, 1.54) is 25.6 Å². The van der Waals surface area contributed by atoms with E-state index in [4.69, 9.17) is 34.5 Å². The van der Waals surface area contributed by atoms with Gasteiger partial charge in [-0.15, -0.1) is 0 Å². The molecule has 0 heterocycles. The molecule has 0 fully saturated rings. The van der Waals surface area contributed by atoms with Gasteiger partial charge in [-0.05, 0) is 0 Å². The smallest absolute Gasteiger partial charge is 0.305 e. The molecular weight excluding hydrogens is 530 g/mol. The minimum absolute atomic E-state index is 0.0683. The number of esters is 2. The molecule has 0 radical (unpaired) electrons. The van der Waals surface area contributed by atoms with Crippen molar-refractivity contribution in [2.45, 2.75) is 38.5 Å². The molecular formula is C22H39N3O12S. The summed E-state index contributed by atoms with van der Waals surface area (Å²) in [6.45, 7) is 3.20. The Kier molecular flexibility index (Phi) is 21.0. The predicted molar refractivity (Wildman–Crippen MR) is 134 cm³/mol. The molecule has 16 heteroatoms. The molecule has 0 aromatic heterocycles. The fourth-order valence-corrected chi connectivity index (χ4v) is 3.48. The molecule has 220 valence electrons. The van der Waals surface area contributed by atoms with E-state index in [1.807, 2.05) is 0 Å². The summed E-state index contributed by atoms with van der Waals surface area (Å²) in [4.78, 5) is 57.0. The van der Waals surface area contributed by atoms with Crippen molar-refractivity contribution >= 4 is 41.5 Å². The number of carbonyl (C=O) groups excluding carboxylic acids is 4. The lowest BCUT2D eigenvalue weighted by Crippen LogP contribution is -2.54. The number of aliphatic carboxylic acids is 1. The third-order valence-electron chi connectivity index (χ3n) is 4.31. The number of hydrogen-bond donors (Lipinski definition) is 5. The maximum absolute atomic E-state index is 12.3. The first kappa shape index (κ1) is 35.5. The first-order valence-corrected chi connectivity index (χ1v) is 13.0. The molecule has 2 amide bonds. The van der Waals surface area contributed by atoms with Crippen molar-refractivity contribution in [2.75, 3.05) is 70.9 Å². The van der Waals surface area contributed by atoms with Gasteiger partial charge in [-0.3, -0.25) is 24.0 Å². The zero-order valence-electron chi connectivity index (χ0n) is 21.7. The third kappa shape index (κ3) is 20.5. The van der Waals surface area contributed by atoms with E-state index in [1.54, 1.807) is 0 Å². The summed E-state index contributed by atoms with van der Waals surface area (Å²) in [6, 6.07) is -2.22. The summed E-state index contributed by atoms with van der Waals surface area (Å²) >= 11 is 1.19. The van der Waals surface area contributed by atoms with Crippen LogP contribution in [0, 0.1) is 0 Å². The number of ether oxygens (including phenoxy) is 5. The van der Waals surface area contributed by atoms with Crippen molar-refractivity contribution in [3.05, 3.63) is 0 Å². The summed E-state index contributed by atoms with van der Waals surface area (Å²) in [6.07, 6.45) is -0.771. The number of carboxylic acid groups (broad SMARTS) is 1. The number of amides is 2. The topological polar surface area (TPSA) is 222 Å². The second kappa shape index (κ2) is 22.5. The fourth-order valence-electron chi connectivity index (χ4n) is 2.51. The molecule has 3 atom stereocenters. The molecule has 15 nitrogen and oxygen atoms in total. The van der Waals surface area contributed by atoms with E-state index in [9.17, 15) is 29.1 Å². The van der Waals surface area contributed by atoms with Gasteiger partial charge in [0.2, 0.25) is 11.8 Å². The highest BCUT2D eigenvalue weighted by Crippen LogP contribution is 2.09. The normalized spacial score (nSPS) is 13.2. The molecule has 0 aromatic carbocycles. The first-order valence-electron chi connectivity index (χ1n) is 11.8. The minimum atomic E-state index is -1.21. The maximum Gasteiger partial charge on any atom is 0.305 e. The zero-order chi connectivity index (χ0) is 28.8. The van der Waals surface area contributed by atoms with E-state index in [0.29, 0.717) is 6.61 Å². The molecule has 0 saturated carbocycles.